The average Bonchev–Trinajstić information content (AvgIpc) is 2.69. The average molecular weight is 361 g/mol. The number of aromatic nitrogens is 2. The monoisotopic (exact) mass is 361 g/mol. The van der Waals surface area contributed by atoms with Gasteiger partial charge in [-0.15, -0.1) is 0 Å². The standard InChI is InChI=1S/C19H31N5O2/c1-3-5-15(2)22-19(25)16-6-4-7-24(13-16)18-12-17(20-14-21-18)23-8-10-26-11-9-23/h12,14-16H,3-11,13H2,1-2H3,(H,22,25). The Morgan fingerprint density at radius 1 is 1.27 bits per heavy atom. The third kappa shape index (κ3) is 4.84. The van der Waals surface area contributed by atoms with E-state index in [4.69, 9.17) is 4.74 Å². The van der Waals surface area contributed by atoms with Crippen molar-refractivity contribution >= 4 is 17.5 Å². The van der Waals surface area contributed by atoms with Crippen LogP contribution in [-0.4, -0.2) is 61.3 Å². The lowest BCUT2D eigenvalue weighted by atomic mass is 9.96. The zero-order valence-corrected chi connectivity index (χ0v) is 16.0. The first-order chi connectivity index (χ1) is 12.7. The van der Waals surface area contributed by atoms with Crippen molar-refractivity contribution in [3.8, 4) is 0 Å². The molecule has 1 aromatic rings. The third-order valence-corrected chi connectivity index (χ3v) is 5.20. The zero-order chi connectivity index (χ0) is 18.4. The van der Waals surface area contributed by atoms with Crippen LogP contribution in [0.5, 0.6) is 0 Å². The Balaban J connectivity index is 1.63. The summed E-state index contributed by atoms with van der Waals surface area (Å²) in [6.45, 7) is 9.08. The van der Waals surface area contributed by atoms with Crippen LogP contribution in [0, 0.1) is 5.92 Å². The molecule has 3 heterocycles. The van der Waals surface area contributed by atoms with Gasteiger partial charge in [0, 0.05) is 38.3 Å². The minimum Gasteiger partial charge on any atom is -0.378 e. The van der Waals surface area contributed by atoms with E-state index in [2.05, 4.69) is 38.9 Å². The second-order valence-corrected chi connectivity index (χ2v) is 7.32. The molecular weight excluding hydrogens is 330 g/mol. The fraction of sp³-hybridized carbons (Fsp3) is 0.737. The third-order valence-electron chi connectivity index (χ3n) is 5.20. The molecule has 2 aliphatic rings. The number of ether oxygens (including phenoxy) is 1. The van der Waals surface area contributed by atoms with Crippen LogP contribution < -0.4 is 15.1 Å². The maximum atomic E-state index is 12.6. The highest BCUT2D eigenvalue weighted by atomic mass is 16.5. The van der Waals surface area contributed by atoms with Crippen molar-refractivity contribution < 1.29 is 9.53 Å². The molecule has 26 heavy (non-hydrogen) atoms. The van der Waals surface area contributed by atoms with Gasteiger partial charge >= 0.3 is 0 Å². The summed E-state index contributed by atoms with van der Waals surface area (Å²) in [5.41, 5.74) is 0. The summed E-state index contributed by atoms with van der Waals surface area (Å²) in [5.74, 6) is 2.07. The van der Waals surface area contributed by atoms with Crippen LogP contribution in [0.1, 0.15) is 39.5 Å². The second kappa shape index (κ2) is 9.16. The van der Waals surface area contributed by atoms with Gasteiger partial charge in [0.1, 0.15) is 18.0 Å². The molecule has 2 aliphatic heterocycles. The van der Waals surface area contributed by atoms with Gasteiger partial charge in [0.05, 0.1) is 19.1 Å². The molecule has 0 saturated carbocycles. The molecule has 7 nitrogen and oxygen atoms in total. The maximum Gasteiger partial charge on any atom is 0.225 e. The van der Waals surface area contributed by atoms with Crippen molar-refractivity contribution in [2.45, 2.75) is 45.6 Å². The molecule has 2 saturated heterocycles. The summed E-state index contributed by atoms with van der Waals surface area (Å²) in [6.07, 6.45) is 5.70. The van der Waals surface area contributed by atoms with Gasteiger partial charge in [-0.3, -0.25) is 4.79 Å². The van der Waals surface area contributed by atoms with Gasteiger partial charge in [-0.05, 0) is 26.2 Å². The number of morpholine rings is 1. The highest BCUT2D eigenvalue weighted by Crippen LogP contribution is 2.24. The molecular formula is C19H31N5O2. The molecule has 0 spiro atoms. The fourth-order valence-corrected chi connectivity index (χ4v) is 3.74. The molecule has 1 N–H and O–H groups in total. The van der Waals surface area contributed by atoms with Gasteiger partial charge < -0.3 is 19.9 Å². The molecule has 2 unspecified atom stereocenters. The maximum absolute atomic E-state index is 12.6. The molecule has 0 bridgehead atoms. The molecule has 0 radical (unpaired) electrons. The van der Waals surface area contributed by atoms with Crippen LogP contribution in [0.25, 0.3) is 0 Å². The van der Waals surface area contributed by atoms with Gasteiger partial charge in [0.2, 0.25) is 5.91 Å². The van der Waals surface area contributed by atoms with E-state index >= 15 is 0 Å². The van der Waals surface area contributed by atoms with Crippen molar-refractivity contribution in [1.29, 1.82) is 0 Å². The van der Waals surface area contributed by atoms with Crippen LogP contribution in [-0.2, 0) is 9.53 Å². The Labute approximate surface area is 156 Å². The van der Waals surface area contributed by atoms with E-state index in [1.807, 2.05) is 6.07 Å². The summed E-state index contributed by atoms with van der Waals surface area (Å²) in [6, 6.07) is 2.29. The van der Waals surface area contributed by atoms with E-state index < -0.39 is 0 Å². The van der Waals surface area contributed by atoms with Gasteiger partial charge in [-0.25, -0.2) is 9.97 Å². The lowest BCUT2D eigenvalue weighted by Crippen LogP contribution is -2.45. The summed E-state index contributed by atoms with van der Waals surface area (Å²) >= 11 is 0. The first kappa shape index (κ1) is 18.9. The minimum atomic E-state index is 0.0323. The molecule has 1 amide bonds. The predicted octanol–water partition coefficient (Wildman–Crippen LogP) is 1.83. The van der Waals surface area contributed by atoms with E-state index in [1.54, 1.807) is 6.33 Å². The van der Waals surface area contributed by atoms with Crippen molar-refractivity contribution in [3.63, 3.8) is 0 Å². The zero-order valence-electron chi connectivity index (χ0n) is 16.0. The van der Waals surface area contributed by atoms with Crippen LogP contribution in [0.4, 0.5) is 11.6 Å². The van der Waals surface area contributed by atoms with Crippen LogP contribution in [0.3, 0.4) is 0 Å². The molecule has 2 atom stereocenters. The van der Waals surface area contributed by atoms with Crippen LogP contribution in [0.15, 0.2) is 12.4 Å². The topological polar surface area (TPSA) is 70.6 Å². The van der Waals surface area contributed by atoms with Crippen LogP contribution >= 0.6 is 0 Å². The molecule has 2 fully saturated rings. The Morgan fingerprint density at radius 2 is 2.00 bits per heavy atom. The summed E-state index contributed by atoms with van der Waals surface area (Å²) in [7, 11) is 0. The second-order valence-electron chi connectivity index (χ2n) is 7.32. The summed E-state index contributed by atoms with van der Waals surface area (Å²) < 4.78 is 5.42. The number of hydrogen-bond acceptors (Lipinski definition) is 6. The smallest absolute Gasteiger partial charge is 0.225 e. The molecule has 7 heteroatoms. The Bertz CT molecular complexity index is 591. The Kier molecular flexibility index (Phi) is 6.66. The largest absolute Gasteiger partial charge is 0.378 e. The van der Waals surface area contributed by atoms with Crippen molar-refractivity contribution in [2.75, 3.05) is 49.2 Å². The van der Waals surface area contributed by atoms with Gasteiger partial charge in [0.25, 0.3) is 0 Å². The van der Waals surface area contributed by atoms with Crippen molar-refractivity contribution in [1.82, 2.24) is 15.3 Å². The minimum absolute atomic E-state index is 0.0323. The lowest BCUT2D eigenvalue weighted by molar-refractivity contribution is -0.125. The summed E-state index contributed by atoms with van der Waals surface area (Å²) in [4.78, 5) is 25.9. The highest BCUT2D eigenvalue weighted by molar-refractivity contribution is 5.79. The molecule has 144 valence electrons. The Hall–Kier alpha value is -1.89. The quantitative estimate of drug-likeness (QED) is 0.834. The number of anilines is 2. The highest BCUT2D eigenvalue weighted by Gasteiger charge is 2.27. The number of amides is 1. The number of nitrogens with one attached hydrogen (secondary N) is 1. The van der Waals surface area contributed by atoms with Gasteiger partial charge in [0.15, 0.2) is 0 Å². The lowest BCUT2D eigenvalue weighted by Gasteiger charge is -2.34. The number of hydrogen-bond donors (Lipinski definition) is 1. The number of piperidine rings is 1. The first-order valence-corrected chi connectivity index (χ1v) is 9.87. The molecule has 3 rings (SSSR count). The van der Waals surface area contributed by atoms with E-state index in [0.29, 0.717) is 0 Å². The van der Waals surface area contributed by atoms with Gasteiger partial charge in [-0.2, -0.15) is 0 Å². The number of carbonyl (C=O) groups excluding carboxylic acids is 1. The first-order valence-electron chi connectivity index (χ1n) is 9.87. The predicted molar refractivity (Wildman–Crippen MR) is 103 cm³/mol. The normalized spacial score (nSPS) is 22.2. The van der Waals surface area contributed by atoms with E-state index in [1.165, 1.54) is 0 Å². The number of rotatable bonds is 6. The van der Waals surface area contributed by atoms with E-state index in [9.17, 15) is 4.79 Å². The number of nitrogens with zero attached hydrogens (tertiary/aromatic N) is 4. The van der Waals surface area contributed by atoms with E-state index in [0.717, 1.165) is 76.7 Å². The molecule has 0 aromatic carbocycles. The molecule has 0 aliphatic carbocycles. The van der Waals surface area contributed by atoms with Crippen molar-refractivity contribution in [2.24, 2.45) is 5.92 Å². The van der Waals surface area contributed by atoms with E-state index in [-0.39, 0.29) is 17.9 Å². The summed E-state index contributed by atoms with van der Waals surface area (Å²) in [5, 5.41) is 3.17. The van der Waals surface area contributed by atoms with Gasteiger partial charge in [-0.1, -0.05) is 13.3 Å². The molecule has 1 aromatic heterocycles. The van der Waals surface area contributed by atoms with Crippen molar-refractivity contribution in [3.05, 3.63) is 12.4 Å². The number of carbonyl (C=O) groups is 1. The Morgan fingerprint density at radius 3 is 2.73 bits per heavy atom. The fourth-order valence-electron chi connectivity index (χ4n) is 3.74. The van der Waals surface area contributed by atoms with Crippen LogP contribution in [0.2, 0.25) is 0 Å². The SMILES string of the molecule is CCCC(C)NC(=O)C1CCCN(c2cc(N3CCOCC3)ncn2)C1.